The molecule has 0 aliphatic heterocycles. The third-order valence-electron chi connectivity index (χ3n) is 2.43. The molecule has 0 aliphatic carbocycles. The maximum absolute atomic E-state index is 11.6. The molecule has 0 saturated carbocycles. The lowest BCUT2D eigenvalue weighted by molar-refractivity contribution is -0.121. The zero-order chi connectivity index (χ0) is 12.8. The first kappa shape index (κ1) is 13.2. The second kappa shape index (κ2) is 6.03. The van der Waals surface area contributed by atoms with Gasteiger partial charge in [0.2, 0.25) is 0 Å². The van der Waals surface area contributed by atoms with Crippen molar-refractivity contribution in [3.63, 3.8) is 0 Å². The van der Waals surface area contributed by atoms with Gasteiger partial charge in [-0.2, -0.15) is 0 Å². The summed E-state index contributed by atoms with van der Waals surface area (Å²) in [7, 11) is 0. The molecule has 4 heteroatoms. The van der Waals surface area contributed by atoms with Gasteiger partial charge in [-0.1, -0.05) is 13.8 Å². The lowest BCUT2D eigenvalue weighted by atomic mass is 10.1. The van der Waals surface area contributed by atoms with Crippen LogP contribution in [0.25, 0.3) is 0 Å². The number of carbonyl (C=O) groups is 2. The van der Waals surface area contributed by atoms with Crippen LogP contribution in [0.2, 0.25) is 0 Å². The smallest absolute Gasteiger partial charge is 0.251 e. The monoisotopic (exact) mass is 235 g/mol. The van der Waals surface area contributed by atoms with E-state index in [-0.39, 0.29) is 23.4 Å². The molecule has 0 unspecified atom stereocenters. The highest BCUT2D eigenvalue weighted by Crippen LogP contribution is 2.09. The molecule has 92 valence electrons. The van der Waals surface area contributed by atoms with E-state index in [1.807, 2.05) is 13.8 Å². The number of rotatable bonds is 5. The van der Waals surface area contributed by atoms with Gasteiger partial charge in [-0.05, 0) is 24.3 Å². The quantitative estimate of drug-likeness (QED) is 0.816. The number of Topliss-reactive ketones (excluding diaryl/α,β-unsaturated/α-hetero) is 1. The maximum Gasteiger partial charge on any atom is 0.251 e. The molecule has 0 spiro atoms. The van der Waals surface area contributed by atoms with E-state index in [0.29, 0.717) is 18.5 Å². The van der Waals surface area contributed by atoms with E-state index in [9.17, 15) is 9.59 Å². The fourth-order valence-corrected chi connectivity index (χ4v) is 1.30. The highest BCUT2D eigenvalue weighted by atomic mass is 16.3. The topological polar surface area (TPSA) is 66.4 Å². The predicted octanol–water partition coefficient (Wildman–Crippen LogP) is 1.74. The van der Waals surface area contributed by atoms with Crippen LogP contribution in [-0.4, -0.2) is 23.3 Å². The van der Waals surface area contributed by atoms with Gasteiger partial charge in [0.05, 0.1) is 0 Å². The standard InChI is InChI=1S/C13H17NO3/c1-9(2)12(16)7-8-14-13(17)10-3-5-11(15)6-4-10/h3-6,9,15H,7-8H2,1-2H3,(H,14,17). The lowest BCUT2D eigenvalue weighted by Crippen LogP contribution is -2.26. The first-order chi connectivity index (χ1) is 8.00. The summed E-state index contributed by atoms with van der Waals surface area (Å²) in [5, 5.41) is 11.7. The Labute approximate surface area is 101 Å². The molecule has 0 aromatic heterocycles. The molecule has 0 radical (unpaired) electrons. The minimum Gasteiger partial charge on any atom is -0.508 e. The van der Waals surface area contributed by atoms with E-state index in [1.165, 1.54) is 24.3 Å². The zero-order valence-corrected chi connectivity index (χ0v) is 10.1. The Morgan fingerprint density at radius 3 is 2.35 bits per heavy atom. The van der Waals surface area contributed by atoms with E-state index >= 15 is 0 Å². The van der Waals surface area contributed by atoms with Crippen molar-refractivity contribution in [2.45, 2.75) is 20.3 Å². The Balaban J connectivity index is 2.40. The molecule has 4 nitrogen and oxygen atoms in total. The van der Waals surface area contributed by atoms with Crippen LogP contribution < -0.4 is 5.32 Å². The number of phenolic OH excluding ortho intramolecular Hbond substituents is 1. The van der Waals surface area contributed by atoms with Gasteiger partial charge in [-0.3, -0.25) is 9.59 Å². The first-order valence-electron chi connectivity index (χ1n) is 5.60. The van der Waals surface area contributed by atoms with E-state index in [2.05, 4.69) is 5.32 Å². The van der Waals surface area contributed by atoms with Crippen LogP contribution in [0, 0.1) is 5.92 Å². The van der Waals surface area contributed by atoms with Crippen molar-refractivity contribution in [1.82, 2.24) is 5.32 Å². The Bertz CT molecular complexity index is 396. The van der Waals surface area contributed by atoms with Gasteiger partial charge in [0.1, 0.15) is 11.5 Å². The van der Waals surface area contributed by atoms with Crippen molar-refractivity contribution in [1.29, 1.82) is 0 Å². The summed E-state index contributed by atoms with van der Waals surface area (Å²) in [5.41, 5.74) is 0.472. The number of phenols is 1. The number of amides is 1. The molecule has 1 amide bonds. The van der Waals surface area contributed by atoms with Crippen molar-refractivity contribution in [3.05, 3.63) is 29.8 Å². The number of nitrogens with one attached hydrogen (secondary N) is 1. The summed E-state index contributed by atoms with van der Waals surface area (Å²) >= 11 is 0. The second-order valence-electron chi connectivity index (χ2n) is 4.17. The van der Waals surface area contributed by atoms with Crippen molar-refractivity contribution < 1.29 is 14.7 Å². The van der Waals surface area contributed by atoms with Gasteiger partial charge in [0.25, 0.3) is 5.91 Å². The Hall–Kier alpha value is -1.84. The lowest BCUT2D eigenvalue weighted by Gasteiger charge is -2.06. The minimum atomic E-state index is -0.235. The summed E-state index contributed by atoms with van der Waals surface area (Å²) in [6.45, 7) is 4.02. The molecular formula is C13H17NO3. The minimum absolute atomic E-state index is 0.000532. The maximum atomic E-state index is 11.6. The van der Waals surface area contributed by atoms with E-state index in [0.717, 1.165) is 0 Å². The highest BCUT2D eigenvalue weighted by molar-refractivity contribution is 5.94. The number of ketones is 1. The molecule has 0 bridgehead atoms. The number of benzene rings is 1. The summed E-state index contributed by atoms with van der Waals surface area (Å²) in [5.74, 6) is 0.0228. The number of aromatic hydroxyl groups is 1. The molecule has 2 N–H and O–H groups in total. The van der Waals surface area contributed by atoms with Gasteiger partial charge < -0.3 is 10.4 Å². The summed E-state index contributed by atoms with van der Waals surface area (Å²) in [6, 6.07) is 5.98. The summed E-state index contributed by atoms with van der Waals surface area (Å²) in [4.78, 5) is 22.9. The number of hydrogen-bond donors (Lipinski definition) is 2. The van der Waals surface area contributed by atoms with Crippen LogP contribution in [-0.2, 0) is 4.79 Å². The second-order valence-corrected chi connectivity index (χ2v) is 4.17. The van der Waals surface area contributed by atoms with Crippen molar-refractivity contribution in [2.75, 3.05) is 6.54 Å². The van der Waals surface area contributed by atoms with Crippen molar-refractivity contribution in [2.24, 2.45) is 5.92 Å². The van der Waals surface area contributed by atoms with E-state index in [1.54, 1.807) is 0 Å². The fraction of sp³-hybridized carbons (Fsp3) is 0.385. The van der Waals surface area contributed by atoms with Crippen LogP contribution in [0.3, 0.4) is 0 Å². The predicted molar refractivity (Wildman–Crippen MR) is 64.9 cm³/mol. The molecule has 0 atom stereocenters. The average Bonchev–Trinajstić information content (AvgIpc) is 2.29. The van der Waals surface area contributed by atoms with Crippen LogP contribution >= 0.6 is 0 Å². The Kier molecular flexibility index (Phi) is 4.69. The van der Waals surface area contributed by atoms with Crippen molar-refractivity contribution >= 4 is 11.7 Å². The molecule has 17 heavy (non-hydrogen) atoms. The molecule has 0 fully saturated rings. The molecule has 0 saturated heterocycles. The zero-order valence-electron chi connectivity index (χ0n) is 10.1. The third-order valence-corrected chi connectivity index (χ3v) is 2.43. The normalized spacial score (nSPS) is 10.3. The van der Waals surface area contributed by atoms with Gasteiger partial charge in [0, 0.05) is 24.4 Å². The van der Waals surface area contributed by atoms with Gasteiger partial charge in [0.15, 0.2) is 0 Å². The summed E-state index contributed by atoms with van der Waals surface area (Å²) in [6.07, 6.45) is 0.349. The van der Waals surface area contributed by atoms with Gasteiger partial charge in [-0.15, -0.1) is 0 Å². The van der Waals surface area contributed by atoms with Gasteiger partial charge in [-0.25, -0.2) is 0 Å². The third kappa shape index (κ3) is 4.26. The van der Waals surface area contributed by atoms with Crippen LogP contribution in [0.4, 0.5) is 0 Å². The average molecular weight is 235 g/mol. The largest absolute Gasteiger partial charge is 0.508 e. The van der Waals surface area contributed by atoms with Crippen molar-refractivity contribution in [3.8, 4) is 5.75 Å². The molecule has 0 aliphatic rings. The fourth-order valence-electron chi connectivity index (χ4n) is 1.30. The van der Waals surface area contributed by atoms with Crippen LogP contribution in [0.1, 0.15) is 30.6 Å². The molecule has 1 aromatic carbocycles. The number of hydrogen-bond acceptors (Lipinski definition) is 3. The highest BCUT2D eigenvalue weighted by Gasteiger charge is 2.08. The van der Waals surface area contributed by atoms with E-state index in [4.69, 9.17) is 5.11 Å². The Morgan fingerprint density at radius 2 is 1.82 bits per heavy atom. The number of carbonyl (C=O) groups excluding carboxylic acids is 2. The molecular weight excluding hydrogens is 218 g/mol. The molecule has 0 heterocycles. The van der Waals surface area contributed by atoms with Crippen LogP contribution in [0.15, 0.2) is 24.3 Å². The van der Waals surface area contributed by atoms with Crippen LogP contribution in [0.5, 0.6) is 5.75 Å². The Morgan fingerprint density at radius 1 is 1.24 bits per heavy atom. The first-order valence-corrected chi connectivity index (χ1v) is 5.60. The van der Waals surface area contributed by atoms with E-state index < -0.39 is 0 Å². The van der Waals surface area contributed by atoms with Gasteiger partial charge >= 0.3 is 0 Å². The summed E-state index contributed by atoms with van der Waals surface area (Å²) < 4.78 is 0. The molecule has 1 rings (SSSR count). The SMILES string of the molecule is CC(C)C(=O)CCNC(=O)c1ccc(O)cc1. The molecule has 1 aromatic rings.